The maximum atomic E-state index is 4.70. The van der Waals surface area contributed by atoms with Gasteiger partial charge in [0.1, 0.15) is 5.82 Å². The molecule has 1 atom stereocenters. The number of benzene rings is 2. The number of hydrogen-bond donors (Lipinski definition) is 0. The highest BCUT2D eigenvalue weighted by molar-refractivity contribution is 5.92. The van der Waals surface area contributed by atoms with Crippen molar-refractivity contribution in [3.05, 3.63) is 59.9 Å². The van der Waals surface area contributed by atoms with Crippen LogP contribution in [0.5, 0.6) is 0 Å². The van der Waals surface area contributed by atoms with Crippen LogP contribution in [0.2, 0.25) is 0 Å². The van der Waals surface area contributed by atoms with Crippen molar-refractivity contribution in [3.63, 3.8) is 0 Å². The van der Waals surface area contributed by atoms with E-state index in [2.05, 4.69) is 53.2 Å². The van der Waals surface area contributed by atoms with Gasteiger partial charge >= 0.3 is 0 Å². The number of fused-ring (bicyclic) bond motifs is 1. The molecule has 1 aliphatic rings. The first-order valence-electron chi connectivity index (χ1n) is 8.80. The van der Waals surface area contributed by atoms with Crippen LogP contribution in [0.3, 0.4) is 0 Å². The first kappa shape index (κ1) is 15.3. The quantitative estimate of drug-likeness (QED) is 0.697. The van der Waals surface area contributed by atoms with Crippen molar-refractivity contribution in [3.8, 4) is 11.3 Å². The zero-order chi connectivity index (χ0) is 16.5. The second kappa shape index (κ2) is 6.33. The van der Waals surface area contributed by atoms with E-state index >= 15 is 0 Å². The van der Waals surface area contributed by atoms with Crippen molar-refractivity contribution < 1.29 is 0 Å². The van der Waals surface area contributed by atoms with Crippen molar-refractivity contribution in [1.29, 1.82) is 0 Å². The Balaban J connectivity index is 1.70. The molecular weight excluding hydrogens is 294 g/mol. The molecule has 24 heavy (non-hydrogen) atoms. The summed E-state index contributed by atoms with van der Waals surface area (Å²) in [5.74, 6) is 0.818. The fourth-order valence-corrected chi connectivity index (χ4v) is 3.67. The number of aromatic nitrogens is 2. The first-order valence-corrected chi connectivity index (χ1v) is 8.80. The van der Waals surface area contributed by atoms with Gasteiger partial charge < -0.3 is 0 Å². The van der Waals surface area contributed by atoms with E-state index in [1.54, 1.807) is 0 Å². The molecule has 1 unspecified atom stereocenters. The van der Waals surface area contributed by atoms with E-state index in [1.807, 2.05) is 19.1 Å². The molecular formula is C21H23N3. The van der Waals surface area contributed by atoms with Crippen molar-refractivity contribution in [2.45, 2.75) is 32.7 Å². The molecule has 2 heterocycles. The molecule has 122 valence electrons. The summed E-state index contributed by atoms with van der Waals surface area (Å²) in [6.45, 7) is 6.71. The SMILES string of the molecule is Cc1nc(-c2ccc(C(C)N3CCCC3)cc2)c2ccccc2n1. The molecule has 0 N–H and O–H groups in total. The number of nitrogens with zero attached hydrogens (tertiary/aromatic N) is 3. The predicted octanol–water partition coefficient (Wildman–Crippen LogP) is 4.76. The molecule has 3 nitrogen and oxygen atoms in total. The third kappa shape index (κ3) is 2.80. The van der Waals surface area contributed by atoms with Gasteiger partial charge in [-0.15, -0.1) is 0 Å². The minimum atomic E-state index is 0.491. The maximum absolute atomic E-state index is 4.70. The molecule has 1 aliphatic heterocycles. The summed E-state index contributed by atoms with van der Waals surface area (Å²) >= 11 is 0. The van der Waals surface area contributed by atoms with E-state index in [-0.39, 0.29) is 0 Å². The van der Waals surface area contributed by atoms with Crippen molar-refractivity contribution in [1.82, 2.24) is 14.9 Å². The van der Waals surface area contributed by atoms with Gasteiger partial charge in [0.25, 0.3) is 0 Å². The molecule has 1 saturated heterocycles. The Kier molecular flexibility index (Phi) is 4.03. The normalized spacial score (nSPS) is 16.6. The fourth-order valence-electron chi connectivity index (χ4n) is 3.67. The highest BCUT2D eigenvalue weighted by Crippen LogP contribution is 2.29. The molecule has 0 amide bonds. The molecule has 2 aromatic carbocycles. The van der Waals surface area contributed by atoms with Gasteiger partial charge in [-0.2, -0.15) is 0 Å². The second-order valence-corrected chi connectivity index (χ2v) is 6.68. The lowest BCUT2D eigenvalue weighted by Crippen LogP contribution is -2.23. The number of hydrogen-bond acceptors (Lipinski definition) is 3. The Bertz CT molecular complexity index is 849. The molecule has 1 fully saturated rings. The zero-order valence-corrected chi connectivity index (χ0v) is 14.4. The highest BCUT2D eigenvalue weighted by atomic mass is 15.2. The Morgan fingerprint density at radius 2 is 1.62 bits per heavy atom. The minimum Gasteiger partial charge on any atom is -0.297 e. The number of rotatable bonds is 3. The lowest BCUT2D eigenvalue weighted by atomic mass is 10.0. The molecule has 3 heteroatoms. The van der Waals surface area contributed by atoms with Crippen LogP contribution in [0.15, 0.2) is 48.5 Å². The van der Waals surface area contributed by atoms with Crippen LogP contribution in [0.1, 0.15) is 37.2 Å². The molecule has 3 aromatic rings. The molecule has 0 spiro atoms. The van der Waals surface area contributed by atoms with E-state index in [1.165, 1.54) is 31.5 Å². The van der Waals surface area contributed by atoms with Crippen LogP contribution in [0.4, 0.5) is 0 Å². The Labute approximate surface area is 143 Å². The van der Waals surface area contributed by atoms with Gasteiger partial charge in [-0.1, -0.05) is 42.5 Å². The molecule has 0 bridgehead atoms. The van der Waals surface area contributed by atoms with Crippen LogP contribution >= 0.6 is 0 Å². The fraction of sp³-hybridized carbons (Fsp3) is 0.333. The molecule has 4 rings (SSSR count). The highest BCUT2D eigenvalue weighted by Gasteiger charge is 2.19. The van der Waals surface area contributed by atoms with E-state index < -0.39 is 0 Å². The standard InChI is InChI=1S/C21H23N3/c1-15(24-13-5-6-14-24)17-9-11-18(12-10-17)21-19-7-3-4-8-20(19)22-16(2)23-21/h3-4,7-12,15H,5-6,13-14H2,1-2H3. The summed E-state index contributed by atoms with van der Waals surface area (Å²) < 4.78 is 0. The number of para-hydroxylation sites is 1. The summed E-state index contributed by atoms with van der Waals surface area (Å²) in [7, 11) is 0. The Hall–Kier alpha value is -2.26. The predicted molar refractivity (Wildman–Crippen MR) is 98.9 cm³/mol. The monoisotopic (exact) mass is 317 g/mol. The Morgan fingerprint density at radius 1 is 0.917 bits per heavy atom. The molecule has 0 saturated carbocycles. The van der Waals surface area contributed by atoms with Crippen LogP contribution in [-0.4, -0.2) is 28.0 Å². The molecule has 1 aromatic heterocycles. The van der Waals surface area contributed by atoms with Gasteiger partial charge in [-0.3, -0.25) is 4.90 Å². The minimum absolute atomic E-state index is 0.491. The van der Waals surface area contributed by atoms with Crippen molar-refractivity contribution in [2.75, 3.05) is 13.1 Å². The lowest BCUT2D eigenvalue weighted by Gasteiger charge is -2.24. The lowest BCUT2D eigenvalue weighted by molar-refractivity contribution is 0.263. The van der Waals surface area contributed by atoms with E-state index in [0.717, 1.165) is 28.0 Å². The maximum Gasteiger partial charge on any atom is 0.126 e. The summed E-state index contributed by atoms with van der Waals surface area (Å²) in [5, 5.41) is 1.11. The van der Waals surface area contributed by atoms with Crippen LogP contribution < -0.4 is 0 Å². The average Bonchev–Trinajstić information content (AvgIpc) is 3.15. The zero-order valence-electron chi connectivity index (χ0n) is 14.4. The summed E-state index contributed by atoms with van der Waals surface area (Å²) in [6.07, 6.45) is 2.66. The smallest absolute Gasteiger partial charge is 0.126 e. The molecule has 0 radical (unpaired) electrons. The second-order valence-electron chi connectivity index (χ2n) is 6.68. The average molecular weight is 317 g/mol. The van der Waals surface area contributed by atoms with E-state index in [9.17, 15) is 0 Å². The van der Waals surface area contributed by atoms with Crippen molar-refractivity contribution >= 4 is 10.9 Å². The van der Waals surface area contributed by atoms with Crippen LogP contribution in [0.25, 0.3) is 22.2 Å². The van der Waals surface area contributed by atoms with Crippen LogP contribution in [0, 0.1) is 6.92 Å². The van der Waals surface area contributed by atoms with Gasteiger partial charge in [-0.25, -0.2) is 9.97 Å². The Morgan fingerprint density at radius 3 is 2.38 bits per heavy atom. The largest absolute Gasteiger partial charge is 0.297 e. The first-order chi connectivity index (χ1) is 11.7. The van der Waals surface area contributed by atoms with Gasteiger partial charge in [-0.05, 0) is 51.4 Å². The third-order valence-corrected chi connectivity index (χ3v) is 5.07. The van der Waals surface area contributed by atoms with E-state index in [0.29, 0.717) is 6.04 Å². The van der Waals surface area contributed by atoms with E-state index in [4.69, 9.17) is 4.98 Å². The van der Waals surface area contributed by atoms with Crippen LogP contribution in [-0.2, 0) is 0 Å². The van der Waals surface area contributed by atoms with Gasteiger partial charge in [0.15, 0.2) is 0 Å². The van der Waals surface area contributed by atoms with Gasteiger partial charge in [0.05, 0.1) is 11.2 Å². The summed E-state index contributed by atoms with van der Waals surface area (Å²) in [6, 6.07) is 17.6. The third-order valence-electron chi connectivity index (χ3n) is 5.07. The van der Waals surface area contributed by atoms with Crippen molar-refractivity contribution in [2.24, 2.45) is 0 Å². The molecule has 0 aliphatic carbocycles. The topological polar surface area (TPSA) is 29.0 Å². The number of likely N-dealkylation sites (tertiary alicyclic amines) is 1. The summed E-state index contributed by atoms with van der Waals surface area (Å²) in [5.41, 5.74) is 4.58. The van der Waals surface area contributed by atoms with Gasteiger partial charge in [0, 0.05) is 17.0 Å². The van der Waals surface area contributed by atoms with Gasteiger partial charge in [0.2, 0.25) is 0 Å². The summed E-state index contributed by atoms with van der Waals surface area (Å²) in [4.78, 5) is 11.8. The number of aryl methyl sites for hydroxylation is 1.